The largest absolute Gasteiger partial charge is 0.352 e. The Bertz CT molecular complexity index is 398. The normalized spacial score (nSPS) is 12.2. The summed E-state index contributed by atoms with van der Waals surface area (Å²) in [5, 5.41) is 3.43. The molecule has 2 nitrogen and oxygen atoms in total. The number of hydrogen-bond acceptors (Lipinski definition) is 1. The topological polar surface area (TPSA) is 29.1 Å². The molecule has 1 amide bonds. The molecule has 1 unspecified atom stereocenters. The van der Waals surface area contributed by atoms with Crippen LogP contribution < -0.4 is 5.32 Å². The minimum absolute atomic E-state index is 0.254. The molecule has 17 heavy (non-hydrogen) atoms. The van der Waals surface area contributed by atoms with E-state index in [2.05, 4.69) is 21.2 Å². The molecule has 0 aliphatic rings. The van der Waals surface area contributed by atoms with E-state index in [1.165, 1.54) is 0 Å². The highest BCUT2D eigenvalue weighted by molar-refractivity contribution is 9.09. The average molecular weight is 306 g/mol. The third-order valence-electron chi connectivity index (χ3n) is 2.39. The van der Waals surface area contributed by atoms with Gasteiger partial charge in [-0.1, -0.05) is 22.9 Å². The molecular weight excluding hydrogens is 292 g/mol. The van der Waals surface area contributed by atoms with Gasteiger partial charge in [0.25, 0.3) is 5.91 Å². The molecular formula is C12H14BrF2NO. The van der Waals surface area contributed by atoms with Crippen molar-refractivity contribution in [1.29, 1.82) is 0 Å². The van der Waals surface area contributed by atoms with E-state index in [1.807, 2.05) is 6.92 Å². The van der Waals surface area contributed by atoms with Crippen LogP contribution in [0.4, 0.5) is 8.78 Å². The molecule has 0 aromatic heterocycles. The zero-order chi connectivity index (χ0) is 12.8. The van der Waals surface area contributed by atoms with Crippen LogP contribution in [-0.2, 0) is 0 Å². The van der Waals surface area contributed by atoms with E-state index in [4.69, 9.17) is 0 Å². The molecule has 1 N–H and O–H groups in total. The molecule has 0 aliphatic heterocycles. The fraction of sp³-hybridized carbons (Fsp3) is 0.417. The van der Waals surface area contributed by atoms with E-state index in [0.29, 0.717) is 6.54 Å². The monoisotopic (exact) mass is 305 g/mol. The van der Waals surface area contributed by atoms with Crippen LogP contribution >= 0.6 is 15.9 Å². The number of rotatable bonds is 5. The van der Waals surface area contributed by atoms with Gasteiger partial charge in [0.2, 0.25) is 0 Å². The summed E-state index contributed by atoms with van der Waals surface area (Å²) in [6, 6.07) is 2.84. The predicted octanol–water partition coefficient (Wildman–Crippen LogP) is 3.12. The van der Waals surface area contributed by atoms with Crippen molar-refractivity contribution in [2.75, 3.05) is 11.9 Å². The van der Waals surface area contributed by atoms with Gasteiger partial charge in [-0.25, -0.2) is 8.78 Å². The van der Waals surface area contributed by atoms with Gasteiger partial charge >= 0.3 is 0 Å². The van der Waals surface area contributed by atoms with E-state index in [-0.39, 0.29) is 11.5 Å². The van der Waals surface area contributed by atoms with Crippen LogP contribution in [0.2, 0.25) is 0 Å². The lowest BCUT2D eigenvalue weighted by molar-refractivity contribution is 0.0943. The summed E-state index contributed by atoms with van der Waals surface area (Å²) in [6.45, 7) is 2.42. The van der Waals surface area contributed by atoms with Gasteiger partial charge in [-0.15, -0.1) is 0 Å². The summed E-state index contributed by atoms with van der Waals surface area (Å²) < 4.78 is 26.1. The number of halogens is 3. The molecule has 0 bridgehead atoms. The molecule has 0 spiro atoms. The second kappa shape index (κ2) is 6.69. The summed E-state index contributed by atoms with van der Waals surface area (Å²) in [7, 11) is 0. The molecule has 0 saturated carbocycles. The smallest absolute Gasteiger partial charge is 0.254 e. The highest BCUT2D eigenvalue weighted by Gasteiger charge is 2.13. The first kappa shape index (κ1) is 14.1. The number of amides is 1. The number of hydrogen-bond donors (Lipinski definition) is 1. The molecule has 0 radical (unpaired) electrons. The zero-order valence-electron chi connectivity index (χ0n) is 9.47. The Kier molecular flexibility index (Phi) is 5.55. The Hall–Kier alpha value is -0.970. The lowest BCUT2D eigenvalue weighted by atomic mass is 10.1. The second-order valence-electron chi connectivity index (χ2n) is 3.92. The highest BCUT2D eigenvalue weighted by Crippen LogP contribution is 2.10. The number of nitrogens with one attached hydrogen (secondary N) is 1. The van der Waals surface area contributed by atoms with Gasteiger partial charge in [0.1, 0.15) is 11.6 Å². The summed E-state index contributed by atoms with van der Waals surface area (Å²) >= 11 is 3.30. The molecule has 1 aromatic carbocycles. The molecule has 1 aromatic rings. The SMILES string of the molecule is CC(CCBr)CNC(=O)c1cc(F)ccc1F. The quantitative estimate of drug-likeness (QED) is 0.832. The fourth-order valence-electron chi connectivity index (χ4n) is 1.32. The van der Waals surface area contributed by atoms with E-state index in [0.717, 1.165) is 30.0 Å². The Balaban J connectivity index is 2.61. The van der Waals surface area contributed by atoms with Crippen LogP contribution in [0.3, 0.4) is 0 Å². The van der Waals surface area contributed by atoms with E-state index in [1.54, 1.807) is 0 Å². The minimum atomic E-state index is -0.711. The Morgan fingerprint density at radius 1 is 1.47 bits per heavy atom. The molecule has 0 heterocycles. The van der Waals surface area contributed by atoms with Crippen LogP contribution in [0, 0.1) is 17.6 Å². The summed E-state index contributed by atoms with van der Waals surface area (Å²) in [4.78, 5) is 11.6. The van der Waals surface area contributed by atoms with Crippen LogP contribution in [0.15, 0.2) is 18.2 Å². The first-order chi connectivity index (χ1) is 8.04. The van der Waals surface area contributed by atoms with Gasteiger partial charge in [-0.3, -0.25) is 4.79 Å². The minimum Gasteiger partial charge on any atom is -0.352 e. The van der Waals surface area contributed by atoms with Crippen molar-refractivity contribution >= 4 is 21.8 Å². The maximum Gasteiger partial charge on any atom is 0.254 e. The first-order valence-corrected chi connectivity index (χ1v) is 6.46. The number of alkyl halides is 1. The molecule has 1 atom stereocenters. The Morgan fingerprint density at radius 2 is 2.18 bits per heavy atom. The number of carbonyl (C=O) groups is 1. The molecule has 0 fully saturated rings. The van der Waals surface area contributed by atoms with Crippen molar-refractivity contribution in [2.24, 2.45) is 5.92 Å². The highest BCUT2D eigenvalue weighted by atomic mass is 79.9. The van der Waals surface area contributed by atoms with Crippen LogP contribution in [0.1, 0.15) is 23.7 Å². The van der Waals surface area contributed by atoms with Gasteiger partial charge in [0.15, 0.2) is 0 Å². The van der Waals surface area contributed by atoms with Crippen molar-refractivity contribution in [3.63, 3.8) is 0 Å². The lowest BCUT2D eigenvalue weighted by Gasteiger charge is -2.11. The first-order valence-electron chi connectivity index (χ1n) is 5.33. The summed E-state index contributed by atoms with van der Waals surface area (Å²) in [5.74, 6) is -1.62. The van der Waals surface area contributed by atoms with Gasteiger partial charge in [-0.2, -0.15) is 0 Å². The molecule has 94 valence electrons. The van der Waals surface area contributed by atoms with Gasteiger partial charge in [-0.05, 0) is 30.5 Å². The fourth-order valence-corrected chi connectivity index (χ4v) is 2.10. The average Bonchev–Trinajstić information content (AvgIpc) is 2.29. The van der Waals surface area contributed by atoms with Crippen LogP contribution in [0.5, 0.6) is 0 Å². The van der Waals surface area contributed by atoms with Crippen LogP contribution in [-0.4, -0.2) is 17.8 Å². The van der Waals surface area contributed by atoms with E-state index >= 15 is 0 Å². The molecule has 0 aliphatic carbocycles. The Labute approximate surface area is 108 Å². The van der Waals surface area contributed by atoms with E-state index in [9.17, 15) is 13.6 Å². The van der Waals surface area contributed by atoms with Gasteiger partial charge in [0.05, 0.1) is 5.56 Å². The Morgan fingerprint density at radius 3 is 2.82 bits per heavy atom. The van der Waals surface area contributed by atoms with Gasteiger partial charge in [0, 0.05) is 11.9 Å². The van der Waals surface area contributed by atoms with Crippen molar-refractivity contribution in [3.8, 4) is 0 Å². The second-order valence-corrected chi connectivity index (χ2v) is 4.71. The third-order valence-corrected chi connectivity index (χ3v) is 2.84. The van der Waals surface area contributed by atoms with Crippen molar-refractivity contribution in [1.82, 2.24) is 5.32 Å². The summed E-state index contributed by atoms with van der Waals surface area (Å²) in [6.07, 6.45) is 0.909. The molecule has 0 saturated heterocycles. The van der Waals surface area contributed by atoms with Crippen molar-refractivity contribution in [3.05, 3.63) is 35.4 Å². The van der Waals surface area contributed by atoms with Crippen LogP contribution in [0.25, 0.3) is 0 Å². The number of carbonyl (C=O) groups excluding carboxylic acids is 1. The van der Waals surface area contributed by atoms with Crippen molar-refractivity contribution < 1.29 is 13.6 Å². The maximum absolute atomic E-state index is 13.3. The van der Waals surface area contributed by atoms with Crippen molar-refractivity contribution in [2.45, 2.75) is 13.3 Å². The lowest BCUT2D eigenvalue weighted by Crippen LogP contribution is -2.29. The standard InChI is InChI=1S/C12H14BrF2NO/c1-8(4-5-13)7-16-12(17)10-6-9(14)2-3-11(10)15/h2-3,6,8H,4-5,7H2,1H3,(H,16,17). The molecule has 1 rings (SSSR count). The third kappa shape index (κ3) is 4.42. The molecule has 5 heteroatoms. The van der Waals surface area contributed by atoms with E-state index < -0.39 is 17.5 Å². The maximum atomic E-state index is 13.3. The predicted molar refractivity (Wildman–Crippen MR) is 66.3 cm³/mol. The zero-order valence-corrected chi connectivity index (χ0v) is 11.1. The van der Waals surface area contributed by atoms with Gasteiger partial charge < -0.3 is 5.32 Å². The number of benzene rings is 1. The summed E-state index contributed by atoms with van der Waals surface area (Å²) in [5.41, 5.74) is -0.254.